The second-order valence-corrected chi connectivity index (χ2v) is 7.40. The summed E-state index contributed by atoms with van der Waals surface area (Å²) in [5.74, 6) is -89.0. The number of aliphatic carboxylic acids is 1. The van der Waals surface area contributed by atoms with Gasteiger partial charge >= 0.3 is 71.6 Å². The lowest BCUT2D eigenvalue weighted by Crippen LogP contribution is -2.77. The van der Waals surface area contributed by atoms with Crippen LogP contribution >= 0.6 is 0 Å². The van der Waals surface area contributed by atoms with Gasteiger partial charge in [-0.15, -0.1) is 0 Å². The van der Waals surface area contributed by atoms with E-state index in [-0.39, 0.29) is 0 Å². The molecule has 1 N–H and O–H groups in total. The number of carbonyl (C=O) groups is 1. The van der Waals surface area contributed by atoms with Crippen molar-refractivity contribution in [3.8, 4) is 0 Å². The van der Waals surface area contributed by atoms with Gasteiger partial charge in [0.05, 0.1) is 6.08 Å². The summed E-state index contributed by atoms with van der Waals surface area (Å²) in [6.45, 7) is -2.91. The SMILES string of the molecule is O=C(O)COC(F)(F)C(F)(F)C(F)(F)C(F)(F)C(F)(F)C(F)(F)C(F)(F)C(F)(F)C(F)(F)C(F)(F)C(F)=CC(F)(F)F. The van der Waals surface area contributed by atoms with E-state index in [0.717, 1.165) is 0 Å². The summed E-state index contributed by atoms with van der Waals surface area (Å²) in [6, 6.07) is 0. The molecule has 0 unspecified atom stereocenters. The van der Waals surface area contributed by atoms with Crippen LogP contribution in [0, 0.1) is 0 Å². The number of hydrogen-bond acceptors (Lipinski definition) is 2. The smallest absolute Gasteiger partial charge is 0.426 e. The average Bonchev–Trinajstić information content (AvgIpc) is 2.75. The average molecular weight is 688 g/mol. The lowest BCUT2D eigenvalue weighted by molar-refractivity contribution is -0.480. The van der Waals surface area contributed by atoms with E-state index < -0.39 is 90.1 Å². The number of rotatable bonds is 13. The lowest BCUT2D eigenvalue weighted by atomic mass is 9.86. The minimum atomic E-state index is -9.49. The Balaban J connectivity index is 7.20. The summed E-state index contributed by atoms with van der Waals surface area (Å²) < 4.78 is 320. The fourth-order valence-electron chi connectivity index (χ4n) is 2.19. The molecule has 0 aromatic heterocycles. The maximum absolute atomic E-state index is 13.6. The first-order valence-electron chi connectivity index (χ1n) is 8.89. The van der Waals surface area contributed by atoms with Crippen molar-refractivity contribution in [1.82, 2.24) is 0 Å². The van der Waals surface area contributed by atoms with Crippen molar-refractivity contribution in [2.75, 3.05) is 6.61 Å². The lowest BCUT2D eigenvalue weighted by Gasteiger charge is -2.44. The van der Waals surface area contributed by atoms with Crippen molar-refractivity contribution in [3.63, 3.8) is 0 Å². The van der Waals surface area contributed by atoms with E-state index in [1.165, 1.54) is 0 Å². The molecular formula is C15H4F24O3. The van der Waals surface area contributed by atoms with Crippen molar-refractivity contribution in [2.45, 2.75) is 65.6 Å². The first-order chi connectivity index (χ1) is 17.8. The molecule has 0 bridgehead atoms. The molecule has 0 saturated carbocycles. The molecule has 0 aromatic rings. The molecule has 0 fully saturated rings. The van der Waals surface area contributed by atoms with E-state index in [4.69, 9.17) is 5.11 Å². The van der Waals surface area contributed by atoms with Gasteiger partial charge < -0.3 is 9.84 Å². The second kappa shape index (κ2) is 10.3. The van der Waals surface area contributed by atoms with E-state index in [0.29, 0.717) is 0 Å². The Kier molecular flexibility index (Phi) is 9.68. The normalized spacial score (nSPS) is 16.6. The van der Waals surface area contributed by atoms with Gasteiger partial charge in [0.15, 0.2) is 12.4 Å². The van der Waals surface area contributed by atoms with E-state index in [9.17, 15) is 110 Å². The number of carboxylic acids is 1. The van der Waals surface area contributed by atoms with E-state index in [1.807, 2.05) is 0 Å². The van der Waals surface area contributed by atoms with Crippen LogP contribution in [-0.4, -0.2) is 83.3 Å². The predicted molar refractivity (Wildman–Crippen MR) is 78.3 cm³/mol. The summed E-state index contributed by atoms with van der Waals surface area (Å²) in [5, 5.41) is 7.91. The van der Waals surface area contributed by atoms with Crippen molar-refractivity contribution in [1.29, 1.82) is 0 Å². The summed E-state index contributed by atoms with van der Waals surface area (Å²) >= 11 is 0. The Morgan fingerprint density at radius 2 is 0.762 bits per heavy atom. The van der Waals surface area contributed by atoms with Gasteiger partial charge in [0.1, 0.15) is 0 Å². The zero-order chi connectivity index (χ0) is 34.8. The third kappa shape index (κ3) is 5.47. The Bertz CT molecular complexity index is 1040. The van der Waals surface area contributed by atoms with Crippen LogP contribution in [0.1, 0.15) is 0 Å². The molecule has 0 heterocycles. The maximum Gasteiger partial charge on any atom is 0.426 e. The fraction of sp³-hybridized carbons (Fsp3) is 0.800. The molecule has 0 rings (SSSR count). The molecule has 0 aliphatic carbocycles. The van der Waals surface area contributed by atoms with Crippen LogP contribution in [-0.2, 0) is 9.53 Å². The highest BCUT2D eigenvalue weighted by molar-refractivity contribution is 5.68. The van der Waals surface area contributed by atoms with Gasteiger partial charge in [-0.05, 0) is 0 Å². The van der Waals surface area contributed by atoms with Crippen LogP contribution in [0.15, 0.2) is 11.9 Å². The van der Waals surface area contributed by atoms with Crippen LogP contribution in [0.25, 0.3) is 0 Å². The second-order valence-electron chi connectivity index (χ2n) is 7.40. The first kappa shape index (κ1) is 39.5. The minimum Gasteiger partial charge on any atom is -0.480 e. The third-order valence-corrected chi connectivity index (χ3v) is 4.49. The third-order valence-electron chi connectivity index (χ3n) is 4.49. The van der Waals surface area contributed by atoms with Crippen LogP contribution in [0.4, 0.5) is 105 Å². The number of ether oxygens (including phenoxy) is 1. The molecule has 0 amide bonds. The van der Waals surface area contributed by atoms with E-state index >= 15 is 0 Å². The summed E-state index contributed by atoms with van der Waals surface area (Å²) in [7, 11) is 0. The molecule has 0 aliphatic heterocycles. The first-order valence-corrected chi connectivity index (χ1v) is 8.89. The van der Waals surface area contributed by atoms with Crippen LogP contribution in [0.2, 0.25) is 0 Å². The van der Waals surface area contributed by atoms with Gasteiger partial charge in [0.2, 0.25) is 0 Å². The van der Waals surface area contributed by atoms with Gasteiger partial charge in [-0.2, -0.15) is 101 Å². The zero-order valence-corrected chi connectivity index (χ0v) is 18.1. The molecule has 27 heteroatoms. The largest absolute Gasteiger partial charge is 0.480 e. The van der Waals surface area contributed by atoms with Crippen LogP contribution < -0.4 is 0 Å². The number of carboxylic acid groups (broad SMARTS) is 1. The summed E-state index contributed by atoms with van der Waals surface area (Å²) in [4.78, 5) is 9.97. The molecule has 0 atom stereocenters. The van der Waals surface area contributed by atoms with Gasteiger partial charge in [0, 0.05) is 0 Å². The zero-order valence-electron chi connectivity index (χ0n) is 18.1. The topological polar surface area (TPSA) is 46.5 Å². The van der Waals surface area contributed by atoms with E-state index in [1.54, 1.807) is 0 Å². The monoisotopic (exact) mass is 688 g/mol. The molecule has 0 aliphatic rings. The molecule has 0 aromatic carbocycles. The Morgan fingerprint density at radius 3 is 1.02 bits per heavy atom. The predicted octanol–water partition coefficient (Wildman–Crippen LogP) is 7.81. The maximum atomic E-state index is 13.6. The summed E-state index contributed by atoms with van der Waals surface area (Å²) in [6.07, 6.45) is -16.8. The Labute approximate surface area is 211 Å². The van der Waals surface area contributed by atoms with Gasteiger partial charge in [-0.25, -0.2) is 9.18 Å². The molecular weight excluding hydrogens is 684 g/mol. The van der Waals surface area contributed by atoms with Gasteiger partial charge in [0.25, 0.3) is 0 Å². The standard InChI is InChI=1S/C15H4F24O3/c16-3(1-5(17,18)19)6(20,21)7(22,23)8(24,25)9(26,27)10(28,29)11(30,31)12(32,33)13(34,35)14(36,37)15(38,39)42-2-4(40)41/h1H,2H2,(H,40,41). The van der Waals surface area contributed by atoms with Gasteiger partial charge in [-0.3, -0.25) is 0 Å². The number of hydrogen-bond donors (Lipinski definition) is 1. The van der Waals surface area contributed by atoms with Crippen molar-refractivity contribution in [2.24, 2.45) is 0 Å². The number of halogens is 24. The fourth-order valence-corrected chi connectivity index (χ4v) is 2.19. The minimum absolute atomic E-state index is 2.20. The van der Waals surface area contributed by atoms with Crippen LogP contribution in [0.3, 0.4) is 0 Å². The summed E-state index contributed by atoms with van der Waals surface area (Å²) in [5.41, 5.74) is 0. The van der Waals surface area contributed by atoms with Crippen molar-refractivity contribution < 1.29 is 120 Å². The van der Waals surface area contributed by atoms with Crippen molar-refractivity contribution >= 4 is 5.97 Å². The molecule has 0 spiro atoms. The number of allylic oxidation sites excluding steroid dienone is 2. The molecule has 0 radical (unpaired) electrons. The molecule has 250 valence electrons. The molecule has 42 heavy (non-hydrogen) atoms. The number of alkyl halides is 23. The highest BCUT2D eigenvalue weighted by Gasteiger charge is 2.98. The Morgan fingerprint density at radius 1 is 0.500 bits per heavy atom. The van der Waals surface area contributed by atoms with Crippen molar-refractivity contribution in [3.05, 3.63) is 11.9 Å². The molecule has 0 saturated heterocycles. The highest BCUT2D eigenvalue weighted by Crippen LogP contribution is 2.66. The quantitative estimate of drug-likeness (QED) is 0.201. The van der Waals surface area contributed by atoms with Gasteiger partial charge in [-0.1, -0.05) is 0 Å². The highest BCUT2D eigenvalue weighted by atomic mass is 19.4. The van der Waals surface area contributed by atoms with E-state index in [2.05, 4.69) is 4.74 Å². The van der Waals surface area contributed by atoms with Crippen LogP contribution in [0.5, 0.6) is 0 Å². The Hall–Kier alpha value is -2.51. The molecule has 3 nitrogen and oxygen atoms in total.